The number of nitrogen functional groups attached to an aromatic ring is 2. The van der Waals surface area contributed by atoms with Crippen LogP contribution in [0, 0.1) is 0 Å². The van der Waals surface area contributed by atoms with Crippen molar-refractivity contribution in [1.82, 2.24) is 44.5 Å². The molecule has 0 bridgehead atoms. The average molecular weight is 677 g/mol. The summed E-state index contributed by atoms with van der Waals surface area (Å²) in [5, 5.41) is 48.9. The molecule has 6 rings (SSSR count). The number of phosphoric acid groups is 1. The molecule has 2 fully saturated rings. The lowest BCUT2D eigenvalue weighted by Crippen LogP contribution is -2.36. The van der Waals surface area contributed by atoms with Crippen LogP contribution in [0.2, 0.25) is 0 Å². The molecule has 4 aromatic rings. The summed E-state index contributed by atoms with van der Waals surface area (Å²) >= 11 is 0. The van der Waals surface area contributed by atoms with Gasteiger partial charge in [0, 0.05) is 0 Å². The number of hydrogen-bond acceptors (Lipinski definition) is 19. The second-order valence-electron chi connectivity index (χ2n) is 9.44. The zero-order valence-corrected chi connectivity index (χ0v) is 24.1. The van der Waals surface area contributed by atoms with E-state index in [9.17, 15) is 34.7 Å². The number of nitrogens with zero attached hydrogens (tertiary/aromatic N) is 8. The largest absolute Gasteiger partial charge is 0.472 e. The summed E-state index contributed by atoms with van der Waals surface area (Å²) in [6.45, 7) is -1.48. The number of aliphatic hydroxyl groups excluding tert-OH is 4. The number of imidazole rings is 1. The maximum absolute atomic E-state index is 13.0. The number of phosphoric ester groups is 1. The molecule has 24 nitrogen and oxygen atoms in total. The van der Waals surface area contributed by atoms with Crippen molar-refractivity contribution in [1.29, 1.82) is 0 Å². The normalized spacial score (nSPS) is 29.6. The molecule has 0 saturated carbocycles. The van der Waals surface area contributed by atoms with E-state index in [-0.39, 0.29) is 34.1 Å². The minimum Gasteiger partial charge on any atom is -0.394 e. The highest BCUT2D eigenvalue weighted by Gasteiger charge is 2.51. The van der Waals surface area contributed by atoms with E-state index in [1.54, 1.807) is 0 Å². The minimum absolute atomic E-state index is 0.0785. The van der Waals surface area contributed by atoms with E-state index in [4.69, 9.17) is 39.4 Å². The Balaban J connectivity index is 0.00000128. The van der Waals surface area contributed by atoms with E-state index < -0.39 is 84.4 Å². The SMILES string of the molecule is Nc1nc2c(nnn2[C@@H]2O[C@H](CO)[C@@H](O)[C@H]2OP(=O)(O)OC[C@H]2O[C@@H](n3cnc4c(N)ncnc43)[C@H](O)[C@@H]2O)c(=O)[nH]1.O=PO. The van der Waals surface area contributed by atoms with Crippen LogP contribution in [-0.4, -0.2) is 125 Å². The Morgan fingerprint density at radius 2 is 1.76 bits per heavy atom. The third-order valence-corrected chi connectivity index (χ3v) is 7.73. The molecule has 244 valence electrons. The molecular formula is C19H25N11O13P2. The highest BCUT2D eigenvalue weighted by atomic mass is 31.2. The Morgan fingerprint density at radius 1 is 1.04 bits per heavy atom. The van der Waals surface area contributed by atoms with Crippen molar-refractivity contribution in [2.45, 2.75) is 49.1 Å². The second kappa shape index (κ2) is 13.0. The zero-order chi connectivity index (χ0) is 32.6. The average Bonchev–Trinajstić information content (AvgIpc) is 3.74. The number of fused-ring (bicyclic) bond motifs is 2. The first-order valence-electron chi connectivity index (χ1n) is 12.5. The van der Waals surface area contributed by atoms with Crippen LogP contribution in [0.1, 0.15) is 12.5 Å². The fourth-order valence-electron chi connectivity index (χ4n) is 4.71. The summed E-state index contributed by atoms with van der Waals surface area (Å²) in [6.07, 6.45) is -9.47. The number of hydrogen-bond donors (Lipinski definition) is 9. The lowest BCUT2D eigenvalue weighted by atomic mass is 10.1. The number of aromatic nitrogens is 9. The van der Waals surface area contributed by atoms with Crippen molar-refractivity contribution < 1.29 is 57.9 Å². The lowest BCUT2D eigenvalue weighted by Gasteiger charge is -2.24. The van der Waals surface area contributed by atoms with Crippen LogP contribution in [0.5, 0.6) is 0 Å². The Bertz CT molecular complexity index is 1790. The molecule has 26 heteroatoms. The summed E-state index contributed by atoms with van der Waals surface area (Å²) in [6, 6.07) is 0. The highest BCUT2D eigenvalue weighted by Crippen LogP contribution is 2.50. The highest BCUT2D eigenvalue weighted by molar-refractivity contribution is 7.47. The van der Waals surface area contributed by atoms with Crippen LogP contribution in [-0.2, 0) is 27.7 Å². The molecule has 0 aromatic carbocycles. The molecule has 0 aliphatic carbocycles. The zero-order valence-electron chi connectivity index (χ0n) is 22.4. The standard InChI is InChI=1S/C19H24N11O11P.HO2P/c20-13-7-14(23-3-22-13)29(4-24-7)17-11(34)9(32)6(40-17)2-38-42(36,37)41-12-10(33)5(1-31)39-18(12)30-15-8(27-28-30)16(35)26-19(21)25-15;1-3-2/h3-6,9-12,17-18,31-34H,1-2H2,(H,36,37)(H2,20,22,23)(H3,21,25,26,35);(H,1,2)/t5-,6-,9-,10-,11-,12-,17-,18-;/m1./s1. The molecular weight excluding hydrogens is 652 g/mol. The summed E-state index contributed by atoms with van der Waals surface area (Å²) in [5.41, 5.74) is 10.6. The first-order chi connectivity index (χ1) is 21.4. The number of anilines is 2. The maximum Gasteiger partial charge on any atom is 0.472 e. The molecule has 2 aliphatic heterocycles. The van der Waals surface area contributed by atoms with Crippen LogP contribution in [0.15, 0.2) is 17.4 Å². The van der Waals surface area contributed by atoms with Crippen molar-refractivity contribution in [2.75, 3.05) is 24.7 Å². The van der Waals surface area contributed by atoms with Crippen molar-refractivity contribution in [3.8, 4) is 0 Å². The van der Waals surface area contributed by atoms with E-state index >= 15 is 0 Å². The van der Waals surface area contributed by atoms with E-state index in [2.05, 4.69) is 35.2 Å². The topological polar surface area (TPSA) is 365 Å². The Hall–Kier alpha value is -3.64. The summed E-state index contributed by atoms with van der Waals surface area (Å²) < 4.78 is 45.1. The Kier molecular flexibility index (Phi) is 9.46. The summed E-state index contributed by atoms with van der Waals surface area (Å²) in [5.74, 6) is -0.216. The van der Waals surface area contributed by atoms with Gasteiger partial charge < -0.3 is 51.2 Å². The number of ether oxygens (including phenoxy) is 2. The number of rotatable bonds is 8. The molecule has 9 atom stereocenters. The van der Waals surface area contributed by atoms with E-state index in [0.29, 0.717) is 0 Å². The van der Waals surface area contributed by atoms with Gasteiger partial charge in [0.25, 0.3) is 5.56 Å². The Labute approximate surface area is 250 Å². The number of nitrogens with two attached hydrogens (primary N) is 2. The molecule has 2 aliphatic rings. The van der Waals surface area contributed by atoms with Gasteiger partial charge in [-0.05, 0) is 0 Å². The van der Waals surface area contributed by atoms with Gasteiger partial charge in [-0.1, -0.05) is 5.21 Å². The van der Waals surface area contributed by atoms with Gasteiger partial charge in [-0.15, -0.1) is 5.10 Å². The van der Waals surface area contributed by atoms with Gasteiger partial charge in [-0.25, -0.2) is 24.1 Å². The van der Waals surface area contributed by atoms with Gasteiger partial charge in [0.1, 0.15) is 48.5 Å². The molecule has 11 N–H and O–H groups in total. The van der Waals surface area contributed by atoms with Gasteiger partial charge in [0.2, 0.25) is 5.95 Å². The predicted molar refractivity (Wildman–Crippen MR) is 143 cm³/mol. The van der Waals surface area contributed by atoms with Crippen LogP contribution in [0.3, 0.4) is 0 Å². The van der Waals surface area contributed by atoms with Crippen LogP contribution in [0.25, 0.3) is 22.3 Å². The molecule has 6 heterocycles. The minimum atomic E-state index is -5.08. The third kappa shape index (κ3) is 6.27. The van der Waals surface area contributed by atoms with Crippen molar-refractivity contribution in [2.24, 2.45) is 0 Å². The van der Waals surface area contributed by atoms with Gasteiger partial charge in [-0.2, -0.15) is 9.67 Å². The Morgan fingerprint density at radius 3 is 2.47 bits per heavy atom. The van der Waals surface area contributed by atoms with Gasteiger partial charge >= 0.3 is 16.5 Å². The number of aromatic amines is 1. The van der Waals surface area contributed by atoms with Crippen LogP contribution >= 0.6 is 16.5 Å². The lowest BCUT2D eigenvalue weighted by molar-refractivity contribution is -0.0649. The monoisotopic (exact) mass is 677 g/mol. The summed E-state index contributed by atoms with van der Waals surface area (Å²) in [7, 11) is -5.92. The molecule has 4 aromatic heterocycles. The maximum atomic E-state index is 13.0. The van der Waals surface area contributed by atoms with E-state index in [1.807, 2.05) is 0 Å². The van der Waals surface area contributed by atoms with Gasteiger partial charge in [0.05, 0.1) is 19.5 Å². The fraction of sp³-hybridized carbons (Fsp3) is 0.526. The number of aliphatic hydroxyl groups is 4. The second-order valence-corrected chi connectivity index (χ2v) is 11.0. The van der Waals surface area contributed by atoms with E-state index in [0.717, 1.165) is 4.68 Å². The summed E-state index contributed by atoms with van der Waals surface area (Å²) in [4.78, 5) is 47.7. The predicted octanol–water partition coefficient (Wildman–Crippen LogP) is -3.92. The first kappa shape index (κ1) is 32.7. The molecule has 0 spiro atoms. The van der Waals surface area contributed by atoms with Crippen LogP contribution < -0.4 is 17.0 Å². The van der Waals surface area contributed by atoms with Gasteiger partial charge in [-0.3, -0.25) is 23.4 Å². The van der Waals surface area contributed by atoms with Crippen molar-refractivity contribution in [3.63, 3.8) is 0 Å². The molecule has 45 heavy (non-hydrogen) atoms. The molecule has 2 saturated heterocycles. The fourth-order valence-corrected chi connectivity index (χ4v) is 5.65. The number of H-pyrrole nitrogens is 1. The quantitative estimate of drug-likeness (QED) is 0.0804. The molecule has 0 radical (unpaired) electrons. The molecule has 1 unspecified atom stereocenters. The van der Waals surface area contributed by atoms with Crippen molar-refractivity contribution >= 4 is 50.6 Å². The first-order valence-corrected chi connectivity index (χ1v) is 14.8. The third-order valence-electron chi connectivity index (χ3n) is 6.74. The van der Waals surface area contributed by atoms with E-state index in [1.165, 1.54) is 17.2 Å². The smallest absolute Gasteiger partial charge is 0.394 e. The van der Waals surface area contributed by atoms with Crippen molar-refractivity contribution in [3.05, 3.63) is 23.0 Å². The van der Waals surface area contributed by atoms with Crippen LogP contribution in [0.4, 0.5) is 11.8 Å². The number of nitrogens with one attached hydrogen (secondary N) is 1. The van der Waals surface area contributed by atoms with Gasteiger partial charge in [0.15, 0.2) is 35.1 Å². The molecule has 0 amide bonds.